The van der Waals surface area contributed by atoms with E-state index in [1.165, 1.54) is 6.26 Å². The van der Waals surface area contributed by atoms with Gasteiger partial charge in [-0.3, -0.25) is 19.3 Å². The minimum atomic E-state index is -0.936. The van der Waals surface area contributed by atoms with Crippen molar-refractivity contribution in [1.29, 1.82) is 0 Å². The Labute approximate surface area is 194 Å². The molecule has 3 aliphatic heterocycles. The Kier molecular flexibility index (Phi) is 6.81. The average molecular weight is 462 g/mol. The lowest BCUT2D eigenvalue weighted by molar-refractivity contribution is -0.145. The van der Waals surface area contributed by atoms with Crippen LogP contribution in [0.5, 0.6) is 0 Å². The molecule has 3 aliphatic rings. The molecule has 0 aromatic carbocycles. The van der Waals surface area contributed by atoms with E-state index >= 15 is 0 Å². The van der Waals surface area contributed by atoms with Gasteiger partial charge in [-0.05, 0) is 30.4 Å². The number of hydrogen-bond donors (Lipinski definition) is 1. The molecule has 0 radical (unpaired) electrons. The van der Waals surface area contributed by atoms with Gasteiger partial charge in [-0.1, -0.05) is 20.8 Å². The second-order valence-electron chi connectivity index (χ2n) is 10.4. The number of piperidine rings is 1. The van der Waals surface area contributed by atoms with E-state index in [9.17, 15) is 14.4 Å². The largest absolute Gasteiger partial charge is 0.459 e. The number of hydrogen-bond acceptors (Lipinski definition) is 6. The molecule has 1 spiro atoms. The Morgan fingerprint density at radius 1 is 1.21 bits per heavy atom. The predicted molar refractivity (Wildman–Crippen MR) is 119 cm³/mol. The maximum absolute atomic E-state index is 13.4. The highest BCUT2D eigenvalue weighted by Gasteiger charge is 2.54. The van der Waals surface area contributed by atoms with Gasteiger partial charge in [0.25, 0.3) is 5.91 Å². The molecule has 4 rings (SSSR count). The summed E-state index contributed by atoms with van der Waals surface area (Å²) in [6.45, 7) is 8.31. The number of likely N-dealkylation sites (tertiary alicyclic amines) is 1. The van der Waals surface area contributed by atoms with Crippen molar-refractivity contribution < 1.29 is 28.3 Å². The molecule has 0 bridgehead atoms. The van der Waals surface area contributed by atoms with Crippen LogP contribution in [0.1, 0.15) is 63.4 Å². The number of carbonyl (C=O) groups is 3. The number of ether oxygens (including phenoxy) is 2. The highest BCUT2D eigenvalue weighted by molar-refractivity contribution is 5.96. The normalized spacial score (nSPS) is 24.9. The summed E-state index contributed by atoms with van der Waals surface area (Å²) in [6, 6.07) is 2.48. The second kappa shape index (κ2) is 9.46. The van der Waals surface area contributed by atoms with Crippen LogP contribution >= 0.6 is 0 Å². The van der Waals surface area contributed by atoms with E-state index in [1.54, 1.807) is 17.0 Å². The van der Waals surface area contributed by atoms with Gasteiger partial charge in [-0.15, -0.1) is 0 Å². The maximum atomic E-state index is 13.4. The van der Waals surface area contributed by atoms with Gasteiger partial charge in [0.05, 0.1) is 19.0 Å². The van der Waals surface area contributed by atoms with Crippen molar-refractivity contribution in [2.75, 3.05) is 32.8 Å². The van der Waals surface area contributed by atoms with Crippen molar-refractivity contribution in [3.05, 3.63) is 24.2 Å². The molecule has 2 atom stereocenters. The molecule has 182 valence electrons. The van der Waals surface area contributed by atoms with Crippen molar-refractivity contribution in [3.8, 4) is 0 Å². The lowest BCUT2D eigenvalue weighted by Gasteiger charge is -2.44. The van der Waals surface area contributed by atoms with Gasteiger partial charge in [0.1, 0.15) is 11.8 Å². The van der Waals surface area contributed by atoms with Crippen LogP contribution in [-0.2, 0) is 19.1 Å². The highest BCUT2D eigenvalue weighted by Crippen LogP contribution is 2.39. The molecule has 2 unspecified atom stereocenters. The molecule has 9 nitrogen and oxygen atoms in total. The van der Waals surface area contributed by atoms with Crippen molar-refractivity contribution in [3.63, 3.8) is 0 Å². The Morgan fingerprint density at radius 2 is 1.97 bits per heavy atom. The molecular weight excluding hydrogens is 426 g/mol. The summed E-state index contributed by atoms with van der Waals surface area (Å²) in [6.07, 6.45) is 4.72. The lowest BCUT2D eigenvalue weighted by atomic mass is 9.90. The first-order valence-corrected chi connectivity index (χ1v) is 11.9. The van der Waals surface area contributed by atoms with Crippen molar-refractivity contribution in [2.45, 2.75) is 70.7 Å². The summed E-state index contributed by atoms with van der Waals surface area (Å²) in [4.78, 5) is 42.6. The average Bonchev–Trinajstić information content (AvgIpc) is 3.52. The molecule has 1 aromatic heterocycles. The highest BCUT2D eigenvalue weighted by atomic mass is 16.5. The van der Waals surface area contributed by atoms with Crippen molar-refractivity contribution in [1.82, 2.24) is 15.1 Å². The quantitative estimate of drug-likeness (QED) is 0.721. The molecule has 0 aliphatic carbocycles. The Bertz CT molecular complexity index is 848. The standard InChI is InChI=1S/C24H35N3O6/c1-23(2,3)14-20(28)26-10-8-24(9-11-26)27(22(30)19-7-5-13-32-19)18(16-33-24)21(29)25-15-17-6-4-12-31-17/h5,7,13,17-18H,4,6,8-12,14-16H2,1-3H3,(H,25,29). The minimum absolute atomic E-state index is 0.0107. The van der Waals surface area contributed by atoms with Gasteiger partial charge >= 0.3 is 0 Å². The zero-order valence-electron chi connectivity index (χ0n) is 19.8. The molecule has 0 saturated carbocycles. The predicted octanol–water partition coefficient (Wildman–Crippen LogP) is 2.17. The molecule has 3 saturated heterocycles. The van der Waals surface area contributed by atoms with Crippen LogP contribution in [-0.4, -0.2) is 78.2 Å². The van der Waals surface area contributed by atoms with Crippen LogP contribution in [0.25, 0.3) is 0 Å². The van der Waals surface area contributed by atoms with Crippen LogP contribution in [0, 0.1) is 5.41 Å². The fraction of sp³-hybridized carbons (Fsp3) is 0.708. The van der Waals surface area contributed by atoms with Gasteiger partial charge in [-0.25, -0.2) is 0 Å². The number of nitrogens with one attached hydrogen (secondary N) is 1. The summed E-state index contributed by atoms with van der Waals surface area (Å²) < 4.78 is 17.1. The SMILES string of the molecule is CC(C)(C)CC(=O)N1CCC2(CC1)OCC(C(=O)NCC1CCCO1)N2C(=O)c1ccco1. The van der Waals surface area contributed by atoms with E-state index in [0.29, 0.717) is 45.5 Å². The van der Waals surface area contributed by atoms with Gasteiger partial charge in [0, 0.05) is 45.5 Å². The van der Waals surface area contributed by atoms with Gasteiger partial charge in [0.2, 0.25) is 11.8 Å². The van der Waals surface area contributed by atoms with Crippen LogP contribution in [0.4, 0.5) is 0 Å². The van der Waals surface area contributed by atoms with E-state index in [1.807, 2.05) is 25.7 Å². The van der Waals surface area contributed by atoms with E-state index in [2.05, 4.69) is 5.32 Å². The van der Waals surface area contributed by atoms with E-state index in [0.717, 1.165) is 12.8 Å². The zero-order valence-corrected chi connectivity index (χ0v) is 19.8. The number of rotatable bonds is 5. The van der Waals surface area contributed by atoms with Crippen LogP contribution in [0.15, 0.2) is 22.8 Å². The second-order valence-corrected chi connectivity index (χ2v) is 10.4. The van der Waals surface area contributed by atoms with Gasteiger partial charge in [-0.2, -0.15) is 0 Å². The summed E-state index contributed by atoms with van der Waals surface area (Å²) in [7, 11) is 0. The molecule has 3 amide bonds. The fourth-order valence-corrected chi connectivity index (χ4v) is 4.89. The molecule has 9 heteroatoms. The number of carbonyl (C=O) groups excluding carboxylic acids is 3. The minimum Gasteiger partial charge on any atom is -0.459 e. The molecular formula is C24H35N3O6. The van der Waals surface area contributed by atoms with Gasteiger partial charge < -0.3 is 24.1 Å². The summed E-state index contributed by atoms with van der Waals surface area (Å²) in [5, 5.41) is 2.94. The number of furan rings is 1. The Hall–Kier alpha value is -2.39. The van der Waals surface area contributed by atoms with Crippen LogP contribution in [0.3, 0.4) is 0 Å². The topological polar surface area (TPSA) is 101 Å². The van der Waals surface area contributed by atoms with E-state index in [-0.39, 0.29) is 41.6 Å². The van der Waals surface area contributed by atoms with Crippen molar-refractivity contribution in [2.24, 2.45) is 5.41 Å². The summed E-state index contributed by atoms with van der Waals surface area (Å²) >= 11 is 0. The molecule has 1 N–H and O–H groups in total. The fourth-order valence-electron chi connectivity index (χ4n) is 4.89. The first-order chi connectivity index (χ1) is 15.7. The van der Waals surface area contributed by atoms with Gasteiger partial charge in [0.15, 0.2) is 5.76 Å². The first kappa shape index (κ1) is 23.8. The monoisotopic (exact) mass is 461 g/mol. The van der Waals surface area contributed by atoms with Crippen LogP contribution < -0.4 is 5.32 Å². The summed E-state index contributed by atoms with van der Waals surface area (Å²) in [5.41, 5.74) is -1.03. The molecule has 1 aromatic rings. The Morgan fingerprint density at radius 3 is 2.58 bits per heavy atom. The van der Waals surface area contributed by atoms with E-state index < -0.39 is 11.8 Å². The third-order valence-electron chi connectivity index (χ3n) is 6.62. The molecule has 33 heavy (non-hydrogen) atoms. The molecule has 4 heterocycles. The lowest BCUT2D eigenvalue weighted by Crippen LogP contribution is -2.60. The van der Waals surface area contributed by atoms with Crippen LogP contribution in [0.2, 0.25) is 0 Å². The molecule has 3 fully saturated rings. The first-order valence-electron chi connectivity index (χ1n) is 11.9. The van der Waals surface area contributed by atoms with Crippen molar-refractivity contribution >= 4 is 17.7 Å². The smallest absolute Gasteiger partial charge is 0.292 e. The number of amides is 3. The number of nitrogens with zero attached hydrogens (tertiary/aromatic N) is 2. The van der Waals surface area contributed by atoms with E-state index in [4.69, 9.17) is 13.9 Å². The maximum Gasteiger partial charge on any atom is 0.292 e. The Balaban J connectivity index is 1.48. The zero-order chi connectivity index (χ0) is 23.6. The summed E-state index contributed by atoms with van der Waals surface area (Å²) in [5.74, 6) is -0.356. The third kappa shape index (κ3) is 5.24. The third-order valence-corrected chi connectivity index (χ3v) is 6.62.